The number of hydrogen-bond donors (Lipinski definition) is 0. The molecule has 25 heavy (non-hydrogen) atoms. The van der Waals surface area contributed by atoms with E-state index in [-0.39, 0.29) is 17.7 Å². The van der Waals surface area contributed by atoms with E-state index >= 15 is 0 Å². The summed E-state index contributed by atoms with van der Waals surface area (Å²) >= 11 is 0. The van der Waals surface area contributed by atoms with Crippen LogP contribution in [0.25, 0.3) is 0 Å². The Labute approximate surface area is 149 Å². The van der Waals surface area contributed by atoms with Gasteiger partial charge in [0.15, 0.2) is 5.78 Å². The number of rotatable bonds is 7. The third kappa shape index (κ3) is 3.34. The van der Waals surface area contributed by atoms with E-state index in [1.54, 1.807) is 18.7 Å². The third-order valence-corrected chi connectivity index (χ3v) is 5.04. The van der Waals surface area contributed by atoms with Gasteiger partial charge in [-0.05, 0) is 46.1 Å². The summed E-state index contributed by atoms with van der Waals surface area (Å²) in [4.78, 5) is 39.4. The molecule has 1 aliphatic rings. The summed E-state index contributed by atoms with van der Waals surface area (Å²) in [5, 5.41) is 0. The van der Waals surface area contributed by atoms with Gasteiger partial charge in [-0.3, -0.25) is 9.59 Å². The molecule has 1 aliphatic carbocycles. The second-order valence-corrected chi connectivity index (χ2v) is 6.60. The second kappa shape index (κ2) is 7.42. The van der Waals surface area contributed by atoms with Gasteiger partial charge in [0, 0.05) is 30.3 Å². The first-order valence-electron chi connectivity index (χ1n) is 8.93. The van der Waals surface area contributed by atoms with Crippen LogP contribution in [0.1, 0.15) is 72.1 Å². The summed E-state index contributed by atoms with van der Waals surface area (Å²) in [5.74, 6) is -0.555. The summed E-state index contributed by atoms with van der Waals surface area (Å²) in [6.07, 6.45) is 2.28. The van der Waals surface area contributed by atoms with Crippen LogP contribution in [0.3, 0.4) is 0 Å². The molecule has 0 bridgehead atoms. The predicted molar refractivity (Wildman–Crippen MR) is 94.9 cm³/mol. The molecule has 6 heteroatoms. The summed E-state index contributed by atoms with van der Waals surface area (Å²) < 4.78 is 6.69. The molecule has 1 amide bonds. The molecule has 0 aromatic carbocycles. The van der Waals surface area contributed by atoms with Gasteiger partial charge in [-0.25, -0.2) is 4.79 Å². The van der Waals surface area contributed by atoms with E-state index in [0.717, 1.165) is 18.5 Å². The first kappa shape index (κ1) is 19.2. The quantitative estimate of drug-likeness (QED) is 0.561. The molecular weight excluding hydrogens is 320 g/mol. The van der Waals surface area contributed by atoms with Gasteiger partial charge in [-0.1, -0.05) is 6.92 Å². The average Bonchev–Trinajstić information content (AvgIpc) is 3.39. The van der Waals surface area contributed by atoms with E-state index in [9.17, 15) is 14.4 Å². The fourth-order valence-electron chi connectivity index (χ4n) is 3.62. The highest BCUT2D eigenvalue weighted by molar-refractivity contribution is 6.06. The van der Waals surface area contributed by atoms with Gasteiger partial charge in [-0.2, -0.15) is 0 Å². The van der Waals surface area contributed by atoms with E-state index in [0.29, 0.717) is 29.8 Å². The molecule has 1 fully saturated rings. The zero-order valence-corrected chi connectivity index (χ0v) is 16.0. The number of esters is 1. The highest BCUT2D eigenvalue weighted by Crippen LogP contribution is 2.32. The van der Waals surface area contributed by atoms with Gasteiger partial charge < -0.3 is 14.2 Å². The van der Waals surface area contributed by atoms with Crippen LogP contribution in [-0.4, -0.2) is 46.3 Å². The van der Waals surface area contributed by atoms with E-state index in [2.05, 4.69) is 0 Å². The van der Waals surface area contributed by atoms with E-state index < -0.39 is 12.0 Å². The highest BCUT2D eigenvalue weighted by atomic mass is 16.5. The van der Waals surface area contributed by atoms with Gasteiger partial charge in [0.2, 0.25) is 5.91 Å². The van der Waals surface area contributed by atoms with E-state index in [1.165, 1.54) is 7.11 Å². The maximum absolute atomic E-state index is 13.2. The Balaban J connectivity index is 2.46. The first-order chi connectivity index (χ1) is 11.8. The van der Waals surface area contributed by atoms with Crippen molar-refractivity contribution in [1.29, 1.82) is 0 Å². The maximum atomic E-state index is 13.2. The molecule has 1 heterocycles. The van der Waals surface area contributed by atoms with Crippen molar-refractivity contribution in [2.45, 2.75) is 72.5 Å². The first-order valence-corrected chi connectivity index (χ1v) is 8.93. The Hall–Kier alpha value is -2.11. The van der Waals surface area contributed by atoms with Gasteiger partial charge >= 0.3 is 5.97 Å². The lowest BCUT2D eigenvalue weighted by atomic mass is 9.99. The molecule has 1 atom stereocenters. The minimum absolute atomic E-state index is 0.00164. The van der Waals surface area contributed by atoms with Crippen LogP contribution in [0, 0.1) is 13.8 Å². The maximum Gasteiger partial charge on any atom is 0.354 e. The predicted octanol–water partition coefficient (Wildman–Crippen LogP) is 2.88. The Morgan fingerprint density at radius 3 is 2.28 bits per heavy atom. The van der Waals surface area contributed by atoms with Gasteiger partial charge in [0.25, 0.3) is 0 Å². The fraction of sp³-hybridized carbons (Fsp3) is 0.632. The third-order valence-electron chi connectivity index (χ3n) is 5.04. The van der Waals surface area contributed by atoms with Crippen molar-refractivity contribution in [3.8, 4) is 0 Å². The van der Waals surface area contributed by atoms with E-state index in [1.807, 2.05) is 25.3 Å². The smallest absolute Gasteiger partial charge is 0.354 e. The van der Waals surface area contributed by atoms with Crippen molar-refractivity contribution in [1.82, 2.24) is 9.47 Å². The molecule has 0 spiro atoms. The van der Waals surface area contributed by atoms with Crippen molar-refractivity contribution >= 4 is 17.7 Å². The number of carbonyl (C=O) groups is 3. The molecule has 1 aromatic heterocycles. The van der Waals surface area contributed by atoms with Gasteiger partial charge in [-0.15, -0.1) is 0 Å². The molecule has 0 saturated heterocycles. The molecular formula is C19H28N2O4. The van der Waals surface area contributed by atoms with Crippen molar-refractivity contribution in [3.05, 3.63) is 22.5 Å². The number of ether oxygens (including phenoxy) is 1. The second-order valence-electron chi connectivity index (χ2n) is 6.60. The lowest BCUT2D eigenvalue weighted by Crippen LogP contribution is -2.44. The monoisotopic (exact) mass is 348 g/mol. The number of hydrogen-bond acceptors (Lipinski definition) is 4. The average molecular weight is 348 g/mol. The number of carbonyl (C=O) groups excluding carboxylic acids is 3. The summed E-state index contributed by atoms with van der Waals surface area (Å²) in [5.41, 5.74) is 2.32. The van der Waals surface area contributed by atoms with E-state index in [4.69, 9.17) is 4.74 Å². The standard InChI is InChI=1S/C19H28N2O4/c1-7-15(22)21(14-9-10-14)13(5)18(23)16-11(3)17(19(24)25-6)20(8-2)12(16)4/h13-14H,7-10H2,1-6H3. The number of Topliss-reactive ketones (excluding diaryl/α,β-unsaturated/α-hetero) is 1. The van der Waals surface area contributed by atoms with Crippen LogP contribution in [-0.2, 0) is 16.1 Å². The topological polar surface area (TPSA) is 68.6 Å². The Bertz CT molecular complexity index is 701. The zero-order valence-electron chi connectivity index (χ0n) is 16.0. The summed E-state index contributed by atoms with van der Waals surface area (Å²) in [7, 11) is 1.34. The van der Waals surface area contributed by atoms with Gasteiger partial charge in [0.05, 0.1) is 13.2 Å². The summed E-state index contributed by atoms with van der Waals surface area (Å²) in [6, 6.07) is -0.365. The molecule has 1 saturated carbocycles. The van der Waals surface area contributed by atoms with Crippen molar-refractivity contribution < 1.29 is 19.1 Å². The minimum atomic E-state index is -0.532. The Kier molecular flexibility index (Phi) is 5.70. The van der Waals surface area contributed by atoms with Crippen LogP contribution in [0.2, 0.25) is 0 Å². The van der Waals surface area contributed by atoms with Crippen LogP contribution >= 0.6 is 0 Å². The van der Waals surface area contributed by atoms with Gasteiger partial charge in [0.1, 0.15) is 5.69 Å². The highest BCUT2D eigenvalue weighted by Gasteiger charge is 2.39. The van der Waals surface area contributed by atoms with Crippen LogP contribution < -0.4 is 0 Å². The molecule has 6 nitrogen and oxygen atoms in total. The number of aromatic nitrogens is 1. The normalized spacial score (nSPS) is 15.0. The van der Waals surface area contributed by atoms with Crippen LogP contribution in [0.4, 0.5) is 0 Å². The molecule has 0 aliphatic heterocycles. The molecule has 2 rings (SSSR count). The number of ketones is 1. The molecule has 0 N–H and O–H groups in total. The number of nitrogens with zero attached hydrogens (tertiary/aromatic N) is 2. The van der Waals surface area contributed by atoms with Crippen molar-refractivity contribution in [2.24, 2.45) is 0 Å². The fourth-order valence-corrected chi connectivity index (χ4v) is 3.62. The minimum Gasteiger partial charge on any atom is -0.464 e. The zero-order chi connectivity index (χ0) is 18.9. The van der Waals surface area contributed by atoms with Crippen LogP contribution in [0.15, 0.2) is 0 Å². The van der Waals surface area contributed by atoms with Crippen molar-refractivity contribution in [3.63, 3.8) is 0 Å². The molecule has 1 unspecified atom stereocenters. The lowest BCUT2D eigenvalue weighted by molar-refractivity contribution is -0.132. The molecule has 0 radical (unpaired) electrons. The summed E-state index contributed by atoms with van der Waals surface area (Å²) in [6.45, 7) is 9.70. The lowest BCUT2D eigenvalue weighted by Gasteiger charge is -2.28. The number of methoxy groups -OCH3 is 1. The molecule has 138 valence electrons. The molecule has 1 aromatic rings. The largest absolute Gasteiger partial charge is 0.464 e. The number of amides is 1. The Morgan fingerprint density at radius 2 is 1.84 bits per heavy atom. The Morgan fingerprint density at radius 1 is 1.24 bits per heavy atom. The SMILES string of the molecule is CCC(=O)N(C1CC1)C(C)C(=O)c1c(C)c(C(=O)OC)n(CC)c1C. The van der Waals surface area contributed by atoms with Crippen LogP contribution in [0.5, 0.6) is 0 Å². The van der Waals surface area contributed by atoms with Crippen molar-refractivity contribution in [2.75, 3.05) is 7.11 Å².